The second kappa shape index (κ2) is 12.7. The molecule has 1 amide bonds. The molecule has 6 aromatic rings. The number of likely N-dealkylation sites (N-methyl/N-ethyl adjacent to an activating group) is 1. The van der Waals surface area contributed by atoms with Crippen molar-refractivity contribution in [2.24, 2.45) is 0 Å². The Balaban J connectivity index is 1.18. The largest absolute Gasteiger partial charge is 0.492 e. The summed E-state index contributed by atoms with van der Waals surface area (Å²) in [7, 11) is 3.69. The molecule has 0 saturated carbocycles. The van der Waals surface area contributed by atoms with Crippen LogP contribution in [0, 0.1) is 5.82 Å². The Kier molecular flexibility index (Phi) is 8.17. The van der Waals surface area contributed by atoms with Gasteiger partial charge in [0.2, 0.25) is 5.91 Å². The van der Waals surface area contributed by atoms with Crippen LogP contribution in [0.1, 0.15) is 12.8 Å². The number of hydrogen-bond acceptors (Lipinski definition) is 7. The number of carbonyl (C=O) groups excluding carboxylic acids is 1. The van der Waals surface area contributed by atoms with Gasteiger partial charge in [-0.2, -0.15) is 5.10 Å². The summed E-state index contributed by atoms with van der Waals surface area (Å²) < 4.78 is 20.8. The molecular weight excluding hydrogens is 583 g/mol. The van der Waals surface area contributed by atoms with Crippen molar-refractivity contribution in [2.75, 3.05) is 52.2 Å². The second-order valence-corrected chi connectivity index (χ2v) is 12.0. The maximum atomic E-state index is 14.8. The fraction of sp³-hybridized carbons (Fsp3) is 0.257. The van der Waals surface area contributed by atoms with Crippen molar-refractivity contribution >= 4 is 33.5 Å². The SMILES string of the molecule is CN(C)CC(=O)Nc1cncc(-c2ccc3[nH]nc(-c4cc5c(-c6cc(F)cc(OCCN7CCCC7)c6)ccnc5[nH]4)c3c2)c1. The van der Waals surface area contributed by atoms with Crippen molar-refractivity contribution in [1.82, 2.24) is 34.9 Å². The monoisotopic (exact) mass is 618 g/mol. The van der Waals surface area contributed by atoms with Gasteiger partial charge in [0.15, 0.2) is 0 Å². The molecule has 1 aliphatic heterocycles. The van der Waals surface area contributed by atoms with E-state index >= 15 is 0 Å². The van der Waals surface area contributed by atoms with Gasteiger partial charge in [-0.15, -0.1) is 0 Å². The first-order chi connectivity index (χ1) is 22.4. The van der Waals surface area contributed by atoms with Crippen LogP contribution in [0.4, 0.5) is 10.1 Å². The predicted octanol–water partition coefficient (Wildman–Crippen LogP) is 5.95. The van der Waals surface area contributed by atoms with Crippen LogP contribution in [-0.2, 0) is 4.79 Å². The summed E-state index contributed by atoms with van der Waals surface area (Å²) in [6, 6.07) is 16.7. The summed E-state index contributed by atoms with van der Waals surface area (Å²) in [4.78, 5) is 28.8. The molecule has 1 fully saturated rings. The first kappa shape index (κ1) is 29.6. The minimum atomic E-state index is -0.351. The summed E-state index contributed by atoms with van der Waals surface area (Å²) in [5, 5.41) is 12.4. The van der Waals surface area contributed by atoms with Crippen LogP contribution in [0.3, 0.4) is 0 Å². The first-order valence-electron chi connectivity index (χ1n) is 15.4. The molecule has 2 aromatic carbocycles. The molecule has 1 saturated heterocycles. The highest BCUT2D eigenvalue weighted by molar-refractivity contribution is 6.01. The number of hydrogen-bond donors (Lipinski definition) is 3. The van der Waals surface area contributed by atoms with Crippen molar-refractivity contribution in [3.8, 4) is 39.4 Å². The normalized spacial score (nSPS) is 13.7. The number of benzene rings is 2. The second-order valence-electron chi connectivity index (χ2n) is 12.0. The van der Waals surface area contributed by atoms with E-state index < -0.39 is 0 Å². The standard InChI is InChI=1S/C35H35FN8O2/c1-43(2)21-33(45)39-26-14-24(19-37-20-26)22-5-6-31-30(16-22)34(42-41-31)32-18-29-28(7-8-38-35(29)40-32)23-13-25(36)17-27(15-23)46-12-11-44-9-3-4-10-44/h5-8,13-20H,3-4,9-12,21H2,1-2H3,(H,38,40)(H,39,45)(H,41,42). The number of likely N-dealkylation sites (tertiary alicyclic amines) is 1. The maximum Gasteiger partial charge on any atom is 0.238 e. The molecule has 3 N–H and O–H groups in total. The van der Waals surface area contributed by atoms with E-state index in [9.17, 15) is 9.18 Å². The lowest BCUT2D eigenvalue weighted by Crippen LogP contribution is -2.27. The van der Waals surface area contributed by atoms with Gasteiger partial charge in [-0.3, -0.25) is 19.8 Å². The molecule has 1 aliphatic rings. The lowest BCUT2D eigenvalue weighted by atomic mass is 10.0. The zero-order chi connectivity index (χ0) is 31.6. The molecule has 7 rings (SSSR count). The van der Waals surface area contributed by atoms with E-state index in [1.807, 2.05) is 55.4 Å². The smallest absolute Gasteiger partial charge is 0.238 e. The number of rotatable bonds is 10. The number of aromatic nitrogens is 5. The van der Waals surface area contributed by atoms with Crippen LogP contribution in [0.2, 0.25) is 0 Å². The molecule has 11 heteroatoms. The average Bonchev–Trinajstić information content (AvgIpc) is 3.80. The third-order valence-electron chi connectivity index (χ3n) is 8.22. The predicted molar refractivity (Wildman–Crippen MR) is 178 cm³/mol. The number of ether oxygens (including phenoxy) is 1. The highest BCUT2D eigenvalue weighted by Crippen LogP contribution is 2.36. The number of nitrogens with zero attached hydrogens (tertiary/aromatic N) is 5. The fourth-order valence-corrected chi connectivity index (χ4v) is 6.06. The number of halogens is 1. The molecule has 0 radical (unpaired) electrons. The lowest BCUT2D eigenvalue weighted by Gasteiger charge is -2.15. The van der Waals surface area contributed by atoms with Crippen molar-refractivity contribution in [3.63, 3.8) is 0 Å². The number of pyridine rings is 2. The van der Waals surface area contributed by atoms with Gasteiger partial charge >= 0.3 is 0 Å². The number of aromatic amines is 2. The van der Waals surface area contributed by atoms with Gasteiger partial charge in [0.05, 0.1) is 29.6 Å². The van der Waals surface area contributed by atoms with E-state index in [0.717, 1.165) is 64.0 Å². The zero-order valence-electron chi connectivity index (χ0n) is 25.8. The Morgan fingerprint density at radius 1 is 1.00 bits per heavy atom. The number of fused-ring (bicyclic) bond motifs is 2. The molecular formula is C35H35FN8O2. The van der Waals surface area contributed by atoms with Crippen molar-refractivity contribution in [3.05, 3.63) is 79.0 Å². The van der Waals surface area contributed by atoms with Gasteiger partial charge in [-0.05, 0) is 99.2 Å². The highest BCUT2D eigenvalue weighted by atomic mass is 19.1. The first-order valence-corrected chi connectivity index (χ1v) is 15.4. The van der Waals surface area contributed by atoms with Crippen LogP contribution in [0.5, 0.6) is 5.75 Å². The van der Waals surface area contributed by atoms with E-state index in [4.69, 9.17) is 4.74 Å². The average molecular weight is 619 g/mol. The van der Waals surface area contributed by atoms with Crippen LogP contribution in [0.15, 0.2) is 73.2 Å². The van der Waals surface area contributed by atoms with Gasteiger partial charge in [0, 0.05) is 41.3 Å². The van der Waals surface area contributed by atoms with Gasteiger partial charge < -0.3 is 19.9 Å². The van der Waals surface area contributed by atoms with Gasteiger partial charge in [0.25, 0.3) is 0 Å². The Morgan fingerprint density at radius 2 is 1.87 bits per heavy atom. The molecule has 5 heterocycles. The summed E-state index contributed by atoms with van der Waals surface area (Å²) in [6.45, 7) is 3.82. The summed E-state index contributed by atoms with van der Waals surface area (Å²) in [5.41, 5.74) is 7.03. The molecule has 0 atom stereocenters. The Morgan fingerprint density at radius 3 is 2.72 bits per heavy atom. The molecule has 0 spiro atoms. The number of H-pyrrole nitrogens is 2. The van der Waals surface area contributed by atoms with E-state index in [1.165, 1.54) is 25.0 Å². The highest BCUT2D eigenvalue weighted by Gasteiger charge is 2.17. The Labute approximate surface area is 265 Å². The fourth-order valence-electron chi connectivity index (χ4n) is 6.06. The molecule has 0 bridgehead atoms. The zero-order valence-corrected chi connectivity index (χ0v) is 25.8. The van der Waals surface area contributed by atoms with Gasteiger partial charge in [-0.1, -0.05) is 6.07 Å². The van der Waals surface area contributed by atoms with Crippen LogP contribution in [0.25, 0.3) is 55.6 Å². The van der Waals surface area contributed by atoms with Crippen LogP contribution >= 0.6 is 0 Å². The summed E-state index contributed by atoms with van der Waals surface area (Å²) in [5.74, 6) is 0.0513. The Bertz CT molecular complexity index is 2030. The summed E-state index contributed by atoms with van der Waals surface area (Å²) >= 11 is 0. The number of nitrogens with one attached hydrogen (secondary N) is 3. The van der Waals surface area contributed by atoms with Gasteiger partial charge in [0.1, 0.15) is 29.5 Å². The third kappa shape index (κ3) is 6.33. The molecule has 4 aromatic heterocycles. The van der Waals surface area contributed by atoms with Crippen LogP contribution in [-0.4, -0.2) is 87.7 Å². The third-order valence-corrected chi connectivity index (χ3v) is 8.22. The topological polar surface area (TPSA) is 115 Å². The lowest BCUT2D eigenvalue weighted by molar-refractivity contribution is -0.116. The number of carbonyl (C=O) groups is 1. The number of anilines is 1. The minimum absolute atomic E-state index is 0.108. The van der Waals surface area contributed by atoms with Gasteiger partial charge in [-0.25, -0.2) is 9.37 Å². The number of amides is 1. The molecule has 234 valence electrons. The molecule has 0 aliphatic carbocycles. The van der Waals surface area contributed by atoms with E-state index in [0.29, 0.717) is 29.3 Å². The van der Waals surface area contributed by atoms with E-state index in [1.54, 1.807) is 18.6 Å². The van der Waals surface area contributed by atoms with Crippen LogP contribution < -0.4 is 10.1 Å². The summed E-state index contributed by atoms with van der Waals surface area (Å²) in [6.07, 6.45) is 7.57. The minimum Gasteiger partial charge on any atom is -0.492 e. The molecule has 10 nitrogen and oxygen atoms in total. The molecule has 0 unspecified atom stereocenters. The van der Waals surface area contributed by atoms with E-state index in [2.05, 4.69) is 41.4 Å². The van der Waals surface area contributed by atoms with Crippen molar-refractivity contribution in [1.29, 1.82) is 0 Å². The van der Waals surface area contributed by atoms with Crippen molar-refractivity contribution < 1.29 is 13.9 Å². The molecule has 46 heavy (non-hydrogen) atoms. The van der Waals surface area contributed by atoms with Crippen molar-refractivity contribution in [2.45, 2.75) is 12.8 Å². The maximum absolute atomic E-state index is 14.8. The quantitative estimate of drug-likeness (QED) is 0.174. The Hall–Kier alpha value is -5.13. The van der Waals surface area contributed by atoms with E-state index in [-0.39, 0.29) is 18.3 Å².